The second-order valence-electron chi connectivity index (χ2n) is 4.19. The molecule has 22 heavy (non-hydrogen) atoms. The minimum absolute atomic E-state index is 0. The van der Waals surface area contributed by atoms with Crippen LogP contribution in [-0.2, 0) is 14.4 Å². The first-order valence-electron chi connectivity index (χ1n) is 6.02. The second-order valence-corrected chi connectivity index (χ2v) is 4.19. The van der Waals surface area contributed by atoms with Crippen LogP contribution in [0.1, 0.15) is 41.5 Å². The number of carbonyl (C=O) groups excluding carboxylic acids is 3. The first kappa shape index (κ1) is 29.0. The van der Waals surface area contributed by atoms with Gasteiger partial charge in [-0.3, -0.25) is 14.4 Å². The zero-order valence-corrected chi connectivity index (χ0v) is 15.8. The largest absolute Gasteiger partial charge is 0.512 e. The van der Waals surface area contributed by atoms with E-state index in [4.69, 9.17) is 15.3 Å². The molecule has 129 valence electrons. The molecule has 0 aliphatic carbocycles. The standard InChI is InChI=1S/3C5H8O2.Tb/c3*1-4(6)3-5(2)7;/h3*3,6H,1-2H3;/b3*4-3-;. The molecule has 0 heterocycles. The van der Waals surface area contributed by atoms with Crippen molar-refractivity contribution in [3.63, 3.8) is 0 Å². The summed E-state index contributed by atoms with van der Waals surface area (Å²) in [5.41, 5.74) is 0. The van der Waals surface area contributed by atoms with Crippen LogP contribution < -0.4 is 0 Å². The fourth-order valence-corrected chi connectivity index (χ4v) is 0.882. The van der Waals surface area contributed by atoms with Gasteiger partial charge < -0.3 is 15.3 Å². The monoisotopic (exact) mass is 459 g/mol. The van der Waals surface area contributed by atoms with E-state index in [1.807, 2.05) is 0 Å². The Morgan fingerprint density at radius 2 is 0.682 bits per heavy atom. The van der Waals surface area contributed by atoms with Crippen LogP contribution in [0.4, 0.5) is 0 Å². The number of allylic oxidation sites excluding steroid dienone is 6. The number of aliphatic hydroxyl groups is 3. The fraction of sp³-hybridized carbons (Fsp3) is 0.400. The normalized spacial score (nSPS) is 10.9. The summed E-state index contributed by atoms with van der Waals surface area (Å²) < 4.78 is 0. The molecule has 1 radical (unpaired) electrons. The van der Waals surface area contributed by atoms with E-state index in [9.17, 15) is 14.4 Å². The van der Waals surface area contributed by atoms with Crippen molar-refractivity contribution in [2.75, 3.05) is 0 Å². The van der Waals surface area contributed by atoms with E-state index in [2.05, 4.69) is 0 Å². The van der Waals surface area contributed by atoms with Gasteiger partial charge in [0.1, 0.15) is 0 Å². The number of ketones is 3. The fourth-order valence-electron chi connectivity index (χ4n) is 0.882. The van der Waals surface area contributed by atoms with Gasteiger partial charge in [0.25, 0.3) is 0 Å². The number of rotatable bonds is 3. The molecule has 0 saturated heterocycles. The summed E-state index contributed by atoms with van der Waals surface area (Å²) in [5.74, 6) is -0.187. The van der Waals surface area contributed by atoms with Crippen molar-refractivity contribution in [2.45, 2.75) is 41.5 Å². The van der Waals surface area contributed by atoms with E-state index in [-0.39, 0.29) is 73.2 Å². The van der Waals surface area contributed by atoms with Gasteiger partial charge in [-0.15, -0.1) is 0 Å². The van der Waals surface area contributed by atoms with Gasteiger partial charge in [0.2, 0.25) is 0 Å². The quantitative estimate of drug-likeness (QED) is 0.442. The topological polar surface area (TPSA) is 112 Å². The molecule has 7 heteroatoms. The minimum atomic E-state index is -0.125. The van der Waals surface area contributed by atoms with Crippen molar-refractivity contribution < 1.29 is 68.3 Å². The number of hydrogen-bond acceptors (Lipinski definition) is 6. The van der Waals surface area contributed by atoms with Gasteiger partial charge in [0, 0.05) is 56.8 Å². The molecule has 0 aromatic rings. The average molecular weight is 459 g/mol. The molecule has 0 unspecified atom stereocenters. The third kappa shape index (κ3) is 51.0. The van der Waals surface area contributed by atoms with Crippen LogP contribution in [0.15, 0.2) is 35.5 Å². The molecular weight excluding hydrogens is 435 g/mol. The molecule has 0 spiro atoms. The summed E-state index contributed by atoms with van der Waals surface area (Å²) in [5, 5.41) is 25.1. The molecule has 0 fully saturated rings. The number of aliphatic hydroxyl groups excluding tert-OH is 3. The Bertz CT molecular complexity index is 368. The third-order valence-corrected chi connectivity index (χ3v) is 1.24. The maximum absolute atomic E-state index is 10.0. The molecule has 0 atom stereocenters. The smallest absolute Gasteiger partial charge is 0.155 e. The van der Waals surface area contributed by atoms with Gasteiger partial charge in [0.15, 0.2) is 17.3 Å². The molecule has 0 aliphatic heterocycles. The van der Waals surface area contributed by atoms with Crippen LogP contribution in [0.3, 0.4) is 0 Å². The molecule has 0 rings (SSSR count). The van der Waals surface area contributed by atoms with Crippen LogP contribution in [0.25, 0.3) is 0 Å². The molecular formula is C15H24O6Tb. The van der Waals surface area contributed by atoms with Crippen LogP contribution in [0.5, 0.6) is 0 Å². The van der Waals surface area contributed by atoms with E-state index in [1.165, 1.54) is 59.8 Å². The maximum atomic E-state index is 10.0. The van der Waals surface area contributed by atoms with E-state index in [1.54, 1.807) is 0 Å². The summed E-state index contributed by atoms with van der Waals surface area (Å²) in [6, 6.07) is 0. The Morgan fingerprint density at radius 3 is 0.682 bits per heavy atom. The van der Waals surface area contributed by atoms with Gasteiger partial charge in [-0.1, -0.05) is 0 Å². The second kappa shape index (κ2) is 18.0. The van der Waals surface area contributed by atoms with Crippen LogP contribution >= 0.6 is 0 Å². The third-order valence-electron chi connectivity index (χ3n) is 1.24. The predicted octanol–water partition coefficient (Wildman–Crippen LogP) is 3.11. The van der Waals surface area contributed by atoms with Crippen molar-refractivity contribution in [1.29, 1.82) is 0 Å². The van der Waals surface area contributed by atoms with Crippen molar-refractivity contribution in [2.24, 2.45) is 0 Å². The van der Waals surface area contributed by atoms with E-state index in [0.717, 1.165) is 0 Å². The SMILES string of the molecule is CC(=O)/C=C(/C)O.CC(=O)/C=C(/C)O.CC(=O)/C=C(/C)O.[Tb]. The Hall–Kier alpha value is -1.08. The van der Waals surface area contributed by atoms with Crippen molar-refractivity contribution in [3.8, 4) is 0 Å². The molecule has 0 aliphatic rings. The first-order chi connectivity index (χ1) is 9.38. The summed E-state index contributed by atoms with van der Waals surface area (Å²) >= 11 is 0. The summed E-state index contributed by atoms with van der Waals surface area (Å²) in [6.07, 6.45) is 3.50. The Kier molecular flexibility index (Phi) is 23.7. The summed E-state index contributed by atoms with van der Waals surface area (Å²) in [4.78, 5) is 30.1. The minimum Gasteiger partial charge on any atom is -0.512 e. The van der Waals surface area contributed by atoms with E-state index < -0.39 is 0 Å². The van der Waals surface area contributed by atoms with E-state index >= 15 is 0 Å². The predicted molar refractivity (Wildman–Crippen MR) is 81.2 cm³/mol. The van der Waals surface area contributed by atoms with Crippen molar-refractivity contribution in [3.05, 3.63) is 35.5 Å². The molecule has 0 aromatic carbocycles. The summed E-state index contributed by atoms with van der Waals surface area (Å²) in [7, 11) is 0. The molecule has 0 saturated carbocycles. The maximum Gasteiger partial charge on any atom is 0.155 e. The molecule has 0 amide bonds. The zero-order chi connectivity index (χ0) is 17.6. The Morgan fingerprint density at radius 1 is 0.545 bits per heavy atom. The van der Waals surface area contributed by atoms with Gasteiger partial charge >= 0.3 is 0 Å². The molecule has 3 N–H and O–H groups in total. The van der Waals surface area contributed by atoms with E-state index in [0.29, 0.717) is 0 Å². The van der Waals surface area contributed by atoms with Crippen LogP contribution in [0.2, 0.25) is 0 Å². The number of hydrogen-bond donors (Lipinski definition) is 3. The molecule has 0 aromatic heterocycles. The first-order valence-corrected chi connectivity index (χ1v) is 6.02. The number of carbonyl (C=O) groups is 3. The molecule has 6 nitrogen and oxygen atoms in total. The van der Waals surface area contributed by atoms with Crippen LogP contribution in [0, 0.1) is 38.6 Å². The van der Waals surface area contributed by atoms with Gasteiger partial charge in [-0.25, -0.2) is 0 Å². The van der Waals surface area contributed by atoms with Gasteiger partial charge in [-0.2, -0.15) is 0 Å². The van der Waals surface area contributed by atoms with Gasteiger partial charge in [0.05, 0.1) is 17.3 Å². The summed E-state index contributed by atoms with van der Waals surface area (Å²) in [6.45, 7) is 8.54. The van der Waals surface area contributed by atoms with Crippen molar-refractivity contribution >= 4 is 17.3 Å². The Labute approximate surface area is 162 Å². The Balaban J connectivity index is -0.000000108. The van der Waals surface area contributed by atoms with Crippen molar-refractivity contribution in [1.82, 2.24) is 0 Å². The zero-order valence-electron chi connectivity index (χ0n) is 13.6. The molecule has 0 bridgehead atoms. The average Bonchev–Trinajstić information content (AvgIpc) is 2.10. The van der Waals surface area contributed by atoms with Gasteiger partial charge in [-0.05, 0) is 41.5 Å². The van der Waals surface area contributed by atoms with Crippen LogP contribution in [-0.4, -0.2) is 32.7 Å².